The monoisotopic (exact) mass is 417 g/mol. The number of fused-ring (bicyclic) bond motifs is 1. The molecule has 1 heterocycles. The molecule has 2 rings (SSSR count). The van der Waals surface area contributed by atoms with Gasteiger partial charge in [0, 0.05) is 13.0 Å². The van der Waals surface area contributed by atoms with Crippen molar-refractivity contribution < 1.29 is 19.1 Å². The van der Waals surface area contributed by atoms with Crippen LogP contribution in [0.4, 0.5) is 4.79 Å². The highest BCUT2D eigenvalue weighted by Gasteiger charge is 2.38. The minimum atomic E-state index is -0.741. The summed E-state index contributed by atoms with van der Waals surface area (Å²) >= 11 is 0. The van der Waals surface area contributed by atoms with Crippen molar-refractivity contribution in [2.45, 2.75) is 78.6 Å². The van der Waals surface area contributed by atoms with Gasteiger partial charge in [0.05, 0.1) is 6.54 Å². The number of carbonyl (C=O) groups excluding carboxylic acids is 3. The lowest BCUT2D eigenvalue weighted by atomic mass is 9.93. The van der Waals surface area contributed by atoms with Crippen LogP contribution >= 0.6 is 0 Å². The Labute approximate surface area is 179 Å². The third-order valence-electron chi connectivity index (χ3n) is 4.98. The first kappa shape index (κ1) is 23.7. The number of nitrogens with zero attached hydrogens (tertiary/aromatic N) is 1. The van der Waals surface area contributed by atoms with Gasteiger partial charge in [0.25, 0.3) is 0 Å². The molecule has 166 valence electrons. The van der Waals surface area contributed by atoms with Crippen molar-refractivity contribution in [3.8, 4) is 0 Å². The first-order valence-corrected chi connectivity index (χ1v) is 10.7. The number of nitrogens with one attached hydrogen (secondary N) is 2. The fraction of sp³-hybridized carbons (Fsp3) is 0.609. The number of rotatable bonds is 6. The number of amides is 3. The molecular formula is C23H35N3O4. The molecule has 30 heavy (non-hydrogen) atoms. The van der Waals surface area contributed by atoms with Crippen molar-refractivity contribution in [3.63, 3.8) is 0 Å². The molecule has 1 aromatic rings. The van der Waals surface area contributed by atoms with Crippen LogP contribution < -0.4 is 10.6 Å². The average Bonchev–Trinajstić information content (AvgIpc) is 2.67. The summed E-state index contributed by atoms with van der Waals surface area (Å²) < 4.78 is 5.55. The van der Waals surface area contributed by atoms with E-state index in [1.807, 2.05) is 45.0 Å². The van der Waals surface area contributed by atoms with Crippen molar-refractivity contribution >= 4 is 17.9 Å². The molecule has 0 saturated carbocycles. The summed E-state index contributed by atoms with van der Waals surface area (Å²) in [5, 5.41) is 5.72. The Kier molecular flexibility index (Phi) is 7.87. The van der Waals surface area contributed by atoms with E-state index in [0.29, 0.717) is 13.0 Å². The van der Waals surface area contributed by atoms with Crippen LogP contribution in [-0.2, 0) is 27.3 Å². The molecule has 7 nitrogen and oxygen atoms in total. The van der Waals surface area contributed by atoms with Crippen LogP contribution in [0.25, 0.3) is 0 Å². The Morgan fingerprint density at radius 1 is 1.17 bits per heavy atom. The van der Waals surface area contributed by atoms with E-state index in [-0.39, 0.29) is 24.3 Å². The third-order valence-corrected chi connectivity index (χ3v) is 4.98. The molecule has 0 radical (unpaired) electrons. The summed E-state index contributed by atoms with van der Waals surface area (Å²) in [4.78, 5) is 40.1. The molecule has 1 aromatic carbocycles. The second-order valence-corrected chi connectivity index (χ2v) is 9.12. The molecule has 3 amide bonds. The van der Waals surface area contributed by atoms with Crippen LogP contribution in [-0.4, -0.2) is 47.0 Å². The van der Waals surface area contributed by atoms with Crippen molar-refractivity contribution in [2.75, 3.05) is 6.54 Å². The zero-order valence-corrected chi connectivity index (χ0v) is 19.0. The van der Waals surface area contributed by atoms with E-state index in [9.17, 15) is 14.4 Å². The molecule has 0 aromatic heterocycles. The zero-order valence-electron chi connectivity index (χ0n) is 19.0. The molecule has 2 N–H and O–H groups in total. The molecule has 0 saturated heterocycles. The standard InChI is InChI=1S/C23H35N3O4/c1-7-12-24-21(28)19(15(2)3)25-20(27)18-13-16-10-8-9-11-17(16)14-26(18)22(29)30-23(4,5)6/h8-11,15,18-19H,7,12-14H2,1-6H3,(H,24,28)(H,25,27). The highest BCUT2D eigenvalue weighted by molar-refractivity contribution is 5.92. The van der Waals surface area contributed by atoms with E-state index in [2.05, 4.69) is 10.6 Å². The highest BCUT2D eigenvalue weighted by Crippen LogP contribution is 2.25. The van der Waals surface area contributed by atoms with E-state index in [4.69, 9.17) is 4.74 Å². The van der Waals surface area contributed by atoms with Gasteiger partial charge in [-0.25, -0.2) is 4.79 Å². The fourth-order valence-electron chi connectivity index (χ4n) is 3.41. The number of ether oxygens (including phenoxy) is 1. The maximum atomic E-state index is 13.2. The normalized spacial score (nSPS) is 17.2. The molecule has 0 bridgehead atoms. The van der Waals surface area contributed by atoms with Crippen molar-refractivity contribution in [1.82, 2.24) is 15.5 Å². The van der Waals surface area contributed by atoms with Crippen LogP contribution in [0.2, 0.25) is 0 Å². The van der Waals surface area contributed by atoms with Crippen LogP contribution in [0.15, 0.2) is 24.3 Å². The second kappa shape index (κ2) is 9.96. The molecule has 0 spiro atoms. The van der Waals surface area contributed by atoms with Crippen LogP contribution in [0, 0.1) is 5.92 Å². The van der Waals surface area contributed by atoms with Gasteiger partial charge in [-0.05, 0) is 44.2 Å². The number of hydrogen-bond donors (Lipinski definition) is 2. The van der Waals surface area contributed by atoms with Gasteiger partial charge in [0.1, 0.15) is 17.7 Å². The summed E-state index contributed by atoms with van der Waals surface area (Å²) in [5.41, 5.74) is 1.35. The quantitative estimate of drug-likeness (QED) is 0.745. The smallest absolute Gasteiger partial charge is 0.411 e. The second-order valence-electron chi connectivity index (χ2n) is 9.12. The van der Waals surface area contributed by atoms with Crippen molar-refractivity contribution in [2.24, 2.45) is 5.92 Å². The molecule has 1 aliphatic rings. The first-order valence-electron chi connectivity index (χ1n) is 10.7. The summed E-state index contributed by atoms with van der Waals surface area (Å²) in [5.74, 6) is -0.641. The fourth-order valence-corrected chi connectivity index (χ4v) is 3.41. The van der Waals surface area contributed by atoms with E-state index >= 15 is 0 Å². The van der Waals surface area contributed by atoms with E-state index in [0.717, 1.165) is 17.5 Å². The average molecular weight is 418 g/mol. The van der Waals surface area contributed by atoms with Gasteiger partial charge in [-0.15, -0.1) is 0 Å². The number of carbonyl (C=O) groups is 3. The van der Waals surface area contributed by atoms with Gasteiger partial charge >= 0.3 is 6.09 Å². The number of benzene rings is 1. The Bertz CT molecular complexity index is 770. The van der Waals surface area contributed by atoms with Crippen molar-refractivity contribution in [3.05, 3.63) is 35.4 Å². The summed E-state index contributed by atoms with van der Waals surface area (Å²) in [7, 11) is 0. The largest absolute Gasteiger partial charge is 0.444 e. The first-order chi connectivity index (χ1) is 14.0. The minimum absolute atomic E-state index is 0.0864. The Hall–Kier alpha value is -2.57. The number of hydrogen-bond acceptors (Lipinski definition) is 4. The molecule has 0 fully saturated rings. The van der Waals surface area contributed by atoms with Gasteiger partial charge < -0.3 is 15.4 Å². The van der Waals surface area contributed by atoms with Gasteiger partial charge in [-0.1, -0.05) is 45.0 Å². The van der Waals surface area contributed by atoms with Gasteiger partial charge in [0.15, 0.2) is 0 Å². The van der Waals surface area contributed by atoms with Crippen LogP contribution in [0.3, 0.4) is 0 Å². The minimum Gasteiger partial charge on any atom is -0.444 e. The molecule has 2 atom stereocenters. The topological polar surface area (TPSA) is 87.7 Å². The summed E-state index contributed by atoms with van der Waals surface area (Å²) in [6, 6.07) is 6.36. The molecule has 0 aliphatic carbocycles. The molecule has 7 heteroatoms. The highest BCUT2D eigenvalue weighted by atomic mass is 16.6. The summed E-state index contributed by atoms with van der Waals surface area (Å²) in [6.07, 6.45) is 0.660. The Morgan fingerprint density at radius 3 is 2.37 bits per heavy atom. The van der Waals surface area contributed by atoms with E-state index in [1.165, 1.54) is 4.90 Å². The maximum absolute atomic E-state index is 13.2. The predicted molar refractivity (Wildman–Crippen MR) is 116 cm³/mol. The van der Waals surface area contributed by atoms with Gasteiger partial charge in [-0.3, -0.25) is 14.5 Å². The van der Waals surface area contributed by atoms with Gasteiger partial charge in [-0.2, -0.15) is 0 Å². The Morgan fingerprint density at radius 2 is 1.80 bits per heavy atom. The lowest BCUT2D eigenvalue weighted by molar-refractivity contribution is -0.133. The SMILES string of the molecule is CCCNC(=O)C(NC(=O)C1Cc2ccccc2CN1C(=O)OC(C)(C)C)C(C)C. The summed E-state index contributed by atoms with van der Waals surface area (Å²) in [6.45, 7) is 12.0. The predicted octanol–water partition coefficient (Wildman–Crippen LogP) is 3.02. The third kappa shape index (κ3) is 6.21. The van der Waals surface area contributed by atoms with Crippen LogP contribution in [0.1, 0.15) is 59.1 Å². The maximum Gasteiger partial charge on any atom is 0.411 e. The molecule has 2 unspecified atom stereocenters. The molecular weight excluding hydrogens is 382 g/mol. The van der Waals surface area contributed by atoms with E-state index in [1.54, 1.807) is 20.8 Å². The van der Waals surface area contributed by atoms with Crippen LogP contribution in [0.5, 0.6) is 0 Å². The van der Waals surface area contributed by atoms with Gasteiger partial charge in [0.2, 0.25) is 11.8 Å². The molecule has 1 aliphatic heterocycles. The zero-order chi connectivity index (χ0) is 22.5. The van der Waals surface area contributed by atoms with Crippen molar-refractivity contribution in [1.29, 1.82) is 0 Å². The van der Waals surface area contributed by atoms with E-state index < -0.39 is 23.8 Å². The lowest BCUT2D eigenvalue weighted by Crippen LogP contribution is -2.58. The lowest BCUT2D eigenvalue weighted by Gasteiger charge is -2.37. The Balaban J connectivity index is 2.25.